The third-order valence-electron chi connectivity index (χ3n) is 3.14. The van der Waals surface area contributed by atoms with E-state index in [1.807, 2.05) is 44.2 Å². The van der Waals surface area contributed by atoms with Crippen LogP contribution in [-0.2, 0) is 4.79 Å². The lowest BCUT2D eigenvalue weighted by atomic mass is 10.1. The lowest BCUT2D eigenvalue weighted by Gasteiger charge is -2.14. The second-order valence-electron chi connectivity index (χ2n) is 5.19. The van der Waals surface area contributed by atoms with E-state index in [0.717, 1.165) is 21.3 Å². The molecule has 0 saturated carbocycles. The van der Waals surface area contributed by atoms with Crippen molar-refractivity contribution in [2.45, 2.75) is 13.8 Å². The maximum Gasteiger partial charge on any atom is 0.276 e. The number of ether oxygens (including phenoxy) is 1. The Kier molecular flexibility index (Phi) is 6.57. The summed E-state index contributed by atoms with van der Waals surface area (Å²) in [7, 11) is 0. The Hall–Kier alpha value is -2.12. The zero-order chi connectivity index (χ0) is 17.5. The molecule has 5 nitrogen and oxygen atoms in total. The van der Waals surface area contributed by atoms with Gasteiger partial charge < -0.3 is 10.1 Å². The van der Waals surface area contributed by atoms with Crippen LogP contribution in [0.1, 0.15) is 11.1 Å². The molecule has 7 heteroatoms. The molecule has 0 atom stereocenters. The Morgan fingerprint density at radius 1 is 1.12 bits per heavy atom. The van der Waals surface area contributed by atoms with Crippen molar-refractivity contribution in [1.29, 1.82) is 0 Å². The molecule has 0 spiro atoms. The van der Waals surface area contributed by atoms with Crippen LogP contribution in [0.5, 0.6) is 5.75 Å². The topological polar surface area (TPSA) is 62.4 Å². The number of anilines is 1. The van der Waals surface area contributed by atoms with Crippen molar-refractivity contribution in [3.8, 4) is 5.75 Å². The van der Waals surface area contributed by atoms with Gasteiger partial charge in [-0.15, -0.1) is 0 Å². The Morgan fingerprint density at radius 3 is 2.54 bits per heavy atom. The average Bonchev–Trinajstić information content (AvgIpc) is 2.56. The van der Waals surface area contributed by atoms with E-state index in [1.54, 1.807) is 12.1 Å². The minimum atomic E-state index is -0.331. The first kappa shape index (κ1) is 18.2. The fourth-order valence-corrected chi connectivity index (χ4v) is 2.29. The van der Waals surface area contributed by atoms with Gasteiger partial charge >= 0.3 is 0 Å². The fourth-order valence-electron chi connectivity index (χ4n) is 1.87. The highest BCUT2D eigenvalue weighted by Crippen LogP contribution is 2.16. The van der Waals surface area contributed by atoms with Crippen LogP contribution in [0.4, 0.5) is 5.69 Å². The van der Waals surface area contributed by atoms with Gasteiger partial charge in [0.15, 0.2) is 11.7 Å². The molecule has 0 bridgehead atoms. The standard InChI is InChI=1S/C17H18BrN3O2S/c1-11-3-4-12(2)15(9-11)19-17(24)21-20-16(22)10-23-14-7-5-13(18)6-8-14/h3-9H,10H2,1-2H3,(H,20,22)(H2,19,21,24). The molecular formula is C17H18BrN3O2S. The van der Waals surface area contributed by atoms with E-state index in [0.29, 0.717) is 10.9 Å². The minimum absolute atomic E-state index is 0.110. The Bertz CT molecular complexity index is 735. The first-order valence-corrected chi connectivity index (χ1v) is 8.45. The lowest BCUT2D eigenvalue weighted by molar-refractivity contribution is -0.123. The average molecular weight is 408 g/mol. The molecule has 2 aromatic carbocycles. The van der Waals surface area contributed by atoms with Crippen molar-refractivity contribution in [3.63, 3.8) is 0 Å². The van der Waals surface area contributed by atoms with Gasteiger partial charge in [-0.25, -0.2) is 0 Å². The van der Waals surface area contributed by atoms with Crippen molar-refractivity contribution in [2.24, 2.45) is 0 Å². The van der Waals surface area contributed by atoms with E-state index < -0.39 is 0 Å². The van der Waals surface area contributed by atoms with Crippen molar-refractivity contribution < 1.29 is 9.53 Å². The molecule has 0 aliphatic rings. The van der Waals surface area contributed by atoms with Gasteiger partial charge in [-0.1, -0.05) is 28.1 Å². The van der Waals surface area contributed by atoms with Gasteiger partial charge in [0.05, 0.1) is 0 Å². The highest BCUT2D eigenvalue weighted by molar-refractivity contribution is 9.10. The maximum absolute atomic E-state index is 11.8. The highest BCUT2D eigenvalue weighted by atomic mass is 79.9. The Morgan fingerprint density at radius 2 is 1.83 bits per heavy atom. The van der Waals surface area contributed by atoms with Gasteiger partial charge in [-0.2, -0.15) is 0 Å². The van der Waals surface area contributed by atoms with Crippen molar-refractivity contribution in [2.75, 3.05) is 11.9 Å². The summed E-state index contributed by atoms with van der Waals surface area (Å²) in [4.78, 5) is 11.8. The van der Waals surface area contributed by atoms with E-state index in [1.165, 1.54) is 0 Å². The number of aryl methyl sites for hydroxylation is 2. The van der Waals surface area contributed by atoms with Crippen LogP contribution in [0, 0.1) is 13.8 Å². The summed E-state index contributed by atoms with van der Waals surface area (Å²) >= 11 is 8.50. The third kappa shape index (κ3) is 5.82. The second-order valence-corrected chi connectivity index (χ2v) is 6.51. The normalized spacial score (nSPS) is 9.96. The fraction of sp³-hybridized carbons (Fsp3) is 0.176. The number of amides is 1. The molecule has 0 aliphatic heterocycles. The smallest absolute Gasteiger partial charge is 0.276 e. The van der Waals surface area contributed by atoms with E-state index in [9.17, 15) is 4.79 Å². The van der Waals surface area contributed by atoms with E-state index >= 15 is 0 Å². The second kappa shape index (κ2) is 8.65. The monoisotopic (exact) mass is 407 g/mol. The first-order valence-electron chi connectivity index (χ1n) is 7.25. The number of thiocarbonyl (C=S) groups is 1. The molecule has 0 saturated heterocycles. The summed E-state index contributed by atoms with van der Waals surface area (Å²) in [5.74, 6) is 0.285. The van der Waals surface area contributed by atoms with Crippen LogP contribution in [0.15, 0.2) is 46.9 Å². The van der Waals surface area contributed by atoms with Gasteiger partial charge in [0.25, 0.3) is 5.91 Å². The number of rotatable bonds is 4. The number of hydrogen-bond acceptors (Lipinski definition) is 3. The molecular weight excluding hydrogens is 390 g/mol. The SMILES string of the molecule is Cc1ccc(C)c(NC(=S)NNC(=O)COc2ccc(Br)cc2)c1. The predicted molar refractivity (Wildman–Crippen MR) is 103 cm³/mol. The van der Waals surface area contributed by atoms with Crippen LogP contribution < -0.4 is 20.9 Å². The lowest BCUT2D eigenvalue weighted by Crippen LogP contribution is -2.45. The summed E-state index contributed by atoms with van der Waals surface area (Å²) in [6, 6.07) is 13.3. The Labute approximate surface area is 154 Å². The molecule has 0 fully saturated rings. The molecule has 0 unspecified atom stereocenters. The van der Waals surface area contributed by atoms with Crippen LogP contribution in [-0.4, -0.2) is 17.6 Å². The van der Waals surface area contributed by atoms with Crippen LogP contribution in [0.2, 0.25) is 0 Å². The van der Waals surface area contributed by atoms with Crippen LogP contribution >= 0.6 is 28.1 Å². The van der Waals surface area contributed by atoms with Gasteiger partial charge in [-0.3, -0.25) is 15.6 Å². The molecule has 0 heterocycles. The predicted octanol–water partition coefficient (Wildman–Crippen LogP) is 3.46. The maximum atomic E-state index is 11.8. The van der Waals surface area contributed by atoms with E-state index in [2.05, 4.69) is 32.1 Å². The van der Waals surface area contributed by atoms with Crippen LogP contribution in [0.3, 0.4) is 0 Å². The molecule has 0 aliphatic carbocycles. The van der Waals surface area contributed by atoms with Crippen molar-refractivity contribution >= 4 is 44.9 Å². The molecule has 0 aromatic heterocycles. The molecule has 126 valence electrons. The summed E-state index contributed by atoms with van der Waals surface area (Å²) < 4.78 is 6.32. The zero-order valence-corrected chi connectivity index (χ0v) is 15.8. The van der Waals surface area contributed by atoms with Gasteiger partial charge in [0.2, 0.25) is 0 Å². The number of hydrazine groups is 1. The van der Waals surface area contributed by atoms with E-state index in [4.69, 9.17) is 17.0 Å². The Balaban J connectivity index is 1.75. The molecule has 3 N–H and O–H groups in total. The molecule has 2 aromatic rings. The van der Waals surface area contributed by atoms with Gasteiger partial charge in [0.1, 0.15) is 5.75 Å². The number of hydrogen-bond donors (Lipinski definition) is 3. The number of benzene rings is 2. The largest absolute Gasteiger partial charge is 0.484 e. The number of carbonyl (C=O) groups is 1. The summed E-state index contributed by atoms with van der Waals surface area (Å²) in [5, 5.41) is 3.35. The summed E-state index contributed by atoms with van der Waals surface area (Å²) in [6.07, 6.45) is 0. The first-order chi connectivity index (χ1) is 11.4. The number of nitrogens with one attached hydrogen (secondary N) is 3. The molecule has 1 amide bonds. The van der Waals surface area contributed by atoms with Crippen molar-refractivity contribution in [3.05, 3.63) is 58.1 Å². The van der Waals surface area contributed by atoms with Gasteiger partial charge in [0, 0.05) is 10.2 Å². The highest BCUT2D eigenvalue weighted by Gasteiger charge is 2.05. The third-order valence-corrected chi connectivity index (χ3v) is 3.87. The summed E-state index contributed by atoms with van der Waals surface area (Å²) in [5.41, 5.74) is 8.23. The van der Waals surface area contributed by atoms with Gasteiger partial charge in [-0.05, 0) is 67.5 Å². The minimum Gasteiger partial charge on any atom is -0.484 e. The number of carbonyl (C=O) groups excluding carboxylic acids is 1. The van der Waals surface area contributed by atoms with Crippen LogP contribution in [0.25, 0.3) is 0 Å². The van der Waals surface area contributed by atoms with E-state index in [-0.39, 0.29) is 12.5 Å². The summed E-state index contributed by atoms with van der Waals surface area (Å²) in [6.45, 7) is 3.87. The number of halogens is 1. The zero-order valence-electron chi connectivity index (χ0n) is 13.4. The quantitative estimate of drug-likeness (QED) is 0.534. The van der Waals surface area contributed by atoms with Crippen molar-refractivity contribution in [1.82, 2.24) is 10.9 Å². The molecule has 2 rings (SSSR count). The molecule has 24 heavy (non-hydrogen) atoms. The molecule has 0 radical (unpaired) electrons.